The van der Waals surface area contributed by atoms with E-state index < -0.39 is 0 Å². The molecular weight excluding hydrogens is 194 g/mol. The number of nitrogens with one attached hydrogen (secondary N) is 2. The van der Waals surface area contributed by atoms with Crippen molar-refractivity contribution in [2.24, 2.45) is 5.92 Å². The van der Waals surface area contributed by atoms with E-state index in [0.29, 0.717) is 13.2 Å². The summed E-state index contributed by atoms with van der Waals surface area (Å²) in [7, 11) is 1.62. The lowest BCUT2D eigenvalue weighted by Gasteiger charge is -2.05. The third-order valence-electron chi connectivity index (χ3n) is 1.95. The molecule has 0 aliphatic carbocycles. The number of carbonyl (C=O) groups excluding carboxylic acids is 1. The van der Waals surface area contributed by atoms with Gasteiger partial charge in [0.2, 0.25) is 5.91 Å². The van der Waals surface area contributed by atoms with Gasteiger partial charge in [0.05, 0.1) is 24.5 Å². The van der Waals surface area contributed by atoms with Crippen LogP contribution >= 0.6 is 0 Å². The monoisotopic (exact) mass is 211 g/mol. The summed E-state index contributed by atoms with van der Waals surface area (Å²) in [5.74, 6) is 0.0456. The molecule has 0 aliphatic rings. The molecule has 0 fully saturated rings. The van der Waals surface area contributed by atoms with Gasteiger partial charge in [-0.05, 0) is 6.07 Å². The highest BCUT2D eigenvalue weighted by Crippen LogP contribution is 2.01. The maximum atomic E-state index is 11.3. The average Bonchev–Trinajstić information content (AvgIpc) is 2.62. The van der Waals surface area contributed by atoms with Crippen LogP contribution < -0.4 is 5.32 Å². The Labute approximate surface area is 89.2 Å². The van der Waals surface area contributed by atoms with Gasteiger partial charge in [-0.3, -0.25) is 9.89 Å². The molecular formula is C10H17N3O2. The van der Waals surface area contributed by atoms with Crippen LogP contribution in [0.3, 0.4) is 0 Å². The van der Waals surface area contributed by atoms with Gasteiger partial charge in [0.25, 0.3) is 0 Å². The highest BCUT2D eigenvalue weighted by Gasteiger charge is 2.07. The number of rotatable bonds is 5. The Bertz CT molecular complexity index is 320. The van der Waals surface area contributed by atoms with Crippen LogP contribution in [-0.4, -0.2) is 23.2 Å². The minimum absolute atomic E-state index is 0.00590. The van der Waals surface area contributed by atoms with E-state index in [4.69, 9.17) is 4.74 Å². The largest absolute Gasteiger partial charge is 0.378 e. The quantitative estimate of drug-likeness (QED) is 0.758. The minimum atomic E-state index is 0.00590. The predicted molar refractivity (Wildman–Crippen MR) is 56.0 cm³/mol. The fourth-order valence-corrected chi connectivity index (χ4v) is 1.11. The van der Waals surface area contributed by atoms with Gasteiger partial charge in [0.15, 0.2) is 0 Å². The van der Waals surface area contributed by atoms with Crippen molar-refractivity contribution in [1.29, 1.82) is 0 Å². The van der Waals surface area contributed by atoms with Crippen LogP contribution in [0.2, 0.25) is 0 Å². The smallest absolute Gasteiger partial charge is 0.222 e. The summed E-state index contributed by atoms with van der Waals surface area (Å²) >= 11 is 0. The lowest BCUT2D eigenvalue weighted by Crippen LogP contribution is -2.27. The predicted octanol–water partition coefficient (Wildman–Crippen LogP) is 0.828. The third-order valence-corrected chi connectivity index (χ3v) is 1.95. The first-order chi connectivity index (χ1) is 7.13. The molecule has 0 unspecified atom stereocenters. The van der Waals surface area contributed by atoms with E-state index in [9.17, 15) is 4.79 Å². The summed E-state index contributed by atoms with van der Waals surface area (Å²) in [5, 5.41) is 9.67. The summed E-state index contributed by atoms with van der Waals surface area (Å²) in [6.45, 7) is 4.68. The first kappa shape index (κ1) is 11.7. The Balaban J connectivity index is 2.40. The van der Waals surface area contributed by atoms with Crippen LogP contribution in [0.4, 0.5) is 0 Å². The summed E-state index contributed by atoms with van der Waals surface area (Å²) < 4.78 is 4.94. The lowest BCUT2D eigenvalue weighted by molar-refractivity contribution is -0.124. The van der Waals surface area contributed by atoms with Gasteiger partial charge in [0.1, 0.15) is 0 Å². The van der Waals surface area contributed by atoms with E-state index in [1.807, 2.05) is 19.9 Å². The zero-order valence-electron chi connectivity index (χ0n) is 9.33. The molecule has 1 heterocycles. The van der Waals surface area contributed by atoms with E-state index in [0.717, 1.165) is 11.4 Å². The highest BCUT2D eigenvalue weighted by atomic mass is 16.5. The van der Waals surface area contributed by atoms with Gasteiger partial charge in [-0.1, -0.05) is 13.8 Å². The second-order valence-corrected chi connectivity index (χ2v) is 3.69. The first-order valence-corrected chi connectivity index (χ1v) is 4.93. The molecule has 1 amide bonds. The second-order valence-electron chi connectivity index (χ2n) is 3.69. The van der Waals surface area contributed by atoms with Gasteiger partial charge in [-0.25, -0.2) is 0 Å². The van der Waals surface area contributed by atoms with E-state index in [2.05, 4.69) is 15.5 Å². The maximum Gasteiger partial charge on any atom is 0.222 e. The van der Waals surface area contributed by atoms with Crippen molar-refractivity contribution in [2.45, 2.75) is 27.0 Å². The van der Waals surface area contributed by atoms with Crippen LogP contribution in [0.15, 0.2) is 6.07 Å². The topological polar surface area (TPSA) is 67.0 Å². The normalized spacial score (nSPS) is 10.7. The zero-order chi connectivity index (χ0) is 11.3. The fraction of sp³-hybridized carbons (Fsp3) is 0.600. The number of H-pyrrole nitrogens is 1. The Morgan fingerprint density at radius 3 is 3.00 bits per heavy atom. The van der Waals surface area contributed by atoms with E-state index in [1.54, 1.807) is 7.11 Å². The molecule has 0 atom stereocenters. The molecule has 0 bridgehead atoms. The summed E-state index contributed by atoms with van der Waals surface area (Å²) in [6, 6.07) is 1.88. The molecule has 0 radical (unpaired) electrons. The Morgan fingerprint density at radius 2 is 2.40 bits per heavy atom. The van der Waals surface area contributed by atoms with Crippen molar-refractivity contribution >= 4 is 5.91 Å². The van der Waals surface area contributed by atoms with Crippen molar-refractivity contribution in [2.75, 3.05) is 7.11 Å². The van der Waals surface area contributed by atoms with Gasteiger partial charge in [-0.15, -0.1) is 0 Å². The zero-order valence-corrected chi connectivity index (χ0v) is 9.33. The SMILES string of the molecule is COCc1cc(CNC(=O)C(C)C)[nH]n1. The van der Waals surface area contributed by atoms with Crippen LogP contribution in [0.25, 0.3) is 0 Å². The number of aromatic nitrogens is 2. The molecule has 15 heavy (non-hydrogen) atoms. The van der Waals surface area contributed by atoms with Crippen LogP contribution in [0, 0.1) is 5.92 Å². The van der Waals surface area contributed by atoms with Crippen molar-refractivity contribution in [3.05, 3.63) is 17.5 Å². The van der Waals surface area contributed by atoms with Crippen LogP contribution in [0.5, 0.6) is 0 Å². The second kappa shape index (κ2) is 5.50. The molecule has 1 rings (SSSR count). The highest BCUT2D eigenvalue weighted by molar-refractivity contribution is 5.77. The number of aromatic amines is 1. The molecule has 1 aromatic rings. The number of methoxy groups -OCH3 is 1. The third kappa shape index (κ3) is 3.71. The standard InChI is InChI=1S/C10H17N3O2/c1-7(2)10(14)11-5-8-4-9(6-15-3)13-12-8/h4,7H,5-6H2,1-3H3,(H,11,14)(H,12,13). The Hall–Kier alpha value is -1.36. The summed E-state index contributed by atoms with van der Waals surface area (Å²) in [6.07, 6.45) is 0. The first-order valence-electron chi connectivity index (χ1n) is 4.93. The van der Waals surface area contributed by atoms with E-state index in [-0.39, 0.29) is 11.8 Å². The van der Waals surface area contributed by atoms with Crippen molar-refractivity contribution in [1.82, 2.24) is 15.5 Å². The molecule has 2 N–H and O–H groups in total. The van der Waals surface area contributed by atoms with Gasteiger partial charge in [-0.2, -0.15) is 5.10 Å². The molecule has 1 aromatic heterocycles. The van der Waals surface area contributed by atoms with Crippen molar-refractivity contribution in [3.8, 4) is 0 Å². The van der Waals surface area contributed by atoms with Gasteiger partial charge in [0, 0.05) is 13.0 Å². The number of carbonyl (C=O) groups is 1. The molecule has 5 heteroatoms. The van der Waals surface area contributed by atoms with Gasteiger partial charge < -0.3 is 10.1 Å². The van der Waals surface area contributed by atoms with Crippen LogP contribution in [-0.2, 0) is 22.7 Å². The summed E-state index contributed by atoms with van der Waals surface area (Å²) in [5.41, 5.74) is 1.72. The Morgan fingerprint density at radius 1 is 1.67 bits per heavy atom. The molecule has 0 saturated heterocycles. The van der Waals surface area contributed by atoms with E-state index >= 15 is 0 Å². The molecule has 0 spiro atoms. The Kier molecular flexibility index (Phi) is 4.30. The maximum absolute atomic E-state index is 11.3. The molecule has 0 aromatic carbocycles. The fourth-order valence-electron chi connectivity index (χ4n) is 1.11. The lowest BCUT2D eigenvalue weighted by atomic mass is 10.2. The number of amides is 1. The summed E-state index contributed by atoms with van der Waals surface area (Å²) in [4.78, 5) is 11.3. The molecule has 84 valence electrons. The van der Waals surface area contributed by atoms with E-state index in [1.165, 1.54) is 0 Å². The van der Waals surface area contributed by atoms with Crippen molar-refractivity contribution in [3.63, 3.8) is 0 Å². The minimum Gasteiger partial charge on any atom is -0.378 e. The molecule has 0 saturated carbocycles. The number of hydrogen-bond acceptors (Lipinski definition) is 3. The number of nitrogens with zero attached hydrogens (tertiary/aromatic N) is 1. The number of hydrogen-bond donors (Lipinski definition) is 2. The van der Waals surface area contributed by atoms with Crippen LogP contribution in [0.1, 0.15) is 25.2 Å². The molecule has 0 aliphatic heterocycles. The van der Waals surface area contributed by atoms with Gasteiger partial charge >= 0.3 is 0 Å². The average molecular weight is 211 g/mol. The van der Waals surface area contributed by atoms with Crippen molar-refractivity contribution < 1.29 is 9.53 Å². The molecule has 5 nitrogen and oxygen atoms in total. The number of ether oxygens (including phenoxy) is 1.